The number of hydrogen-bond acceptors (Lipinski definition) is 4. The van der Waals surface area contributed by atoms with E-state index < -0.39 is 0 Å². The predicted molar refractivity (Wildman–Crippen MR) is 80.9 cm³/mol. The molecule has 1 aromatic rings. The molecule has 1 aliphatic heterocycles. The summed E-state index contributed by atoms with van der Waals surface area (Å²) in [6.45, 7) is 4.70. The lowest BCUT2D eigenvalue weighted by Gasteiger charge is -2.30. The van der Waals surface area contributed by atoms with Crippen LogP contribution in [0.2, 0.25) is 5.02 Å². The van der Waals surface area contributed by atoms with Gasteiger partial charge >= 0.3 is 0 Å². The molecule has 2 heterocycles. The van der Waals surface area contributed by atoms with Gasteiger partial charge in [0.15, 0.2) is 0 Å². The summed E-state index contributed by atoms with van der Waals surface area (Å²) in [7, 11) is 2.09. The van der Waals surface area contributed by atoms with Crippen LogP contribution in [-0.4, -0.2) is 53.4 Å². The smallest absolute Gasteiger partial charge is 0.274 e. The van der Waals surface area contributed by atoms with E-state index in [9.17, 15) is 4.79 Å². The molecule has 0 aliphatic carbocycles. The molecule has 5 nitrogen and oxygen atoms in total. The molecular weight excluding hydrogens is 276 g/mol. The quantitative estimate of drug-likeness (QED) is 0.905. The molecule has 1 fully saturated rings. The van der Waals surface area contributed by atoms with E-state index in [0.29, 0.717) is 10.8 Å². The number of rotatable bonds is 2. The lowest BCUT2D eigenvalue weighted by atomic mass is 10.1. The molecule has 20 heavy (non-hydrogen) atoms. The molecule has 0 aromatic carbocycles. The largest absolute Gasteiger partial charge is 0.384 e. The Labute approximate surface area is 124 Å². The van der Waals surface area contributed by atoms with Gasteiger partial charge in [0, 0.05) is 19.1 Å². The number of halogens is 1. The number of likely N-dealkylation sites (N-methyl/N-ethyl adjacent to an activating group) is 1. The Morgan fingerprint density at radius 3 is 2.95 bits per heavy atom. The van der Waals surface area contributed by atoms with Gasteiger partial charge in [-0.3, -0.25) is 4.79 Å². The zero-order chi connectivity index (χ0) is 14.7. The summed E-state index contributed by atoms with van der Waals surface area (Å²) in [5.41, 5.74) is 5.93. The fraction of sp³-hybridized carbons (Fsp3) is 0.571. The summed E-state index contributed by atoms with van der Waals surface area (Å²) in [4.78, 5) is 21.0. The number of pyridine rings is 1. The van der Waals surface area contributed by atoms with E-state index in [2.05, 4.69) is 23.9 Å². The Morgan fingerprint density at radius 1 is 1.50 bits per heavy atom. The monoisotopic (exact) mass is 296 g/mol. The average molecular weight is 297 g/mol. The van der Waals surface area contributed by atoms with Crippen LogP contribution < -0.4 is 5.73 Å². The molecule has 1 aromatic heterocycles. The highest BCUT2D eigenvalue weighted by Gasteiger charge is 2.28. The number of nitrogens with zero attached hydrogens (tertiary/aromatic N) is 3. The molecule has 1 atom stereocenters. The number of anilines is 1. The number of carbonyl (C=O) groups excluding carboxylic acids is 1. The van der Waals surface area contributed by atoms with Crippen LogP contribution in [0.15, 0.2) is 12.1 Å². The van der Waals surface area contributed by atoms with Crippen LogP contribution in [0.5, 0.6) is 0 Å². The molecule has 6 heteroatoms. The number of nitrogen functional groups attached to an aromatic ring is 1. The summed E-state index contributed by atoms with van der Waals surface area (Å²) >= 11 is 6.09. The number of nitrogens with two attached hydrogens (primary N) is 1. The van der Waals surface area contributed by atoms with Gasteiger partial charge in [0.05, 0.1) is 5.02 Å². The normalized spacial score (nSPS) is 20.8. The standard InChI is InChI=1S/C14H21ClN4O/c1-3-10-9-18(2)7-4-8-19(10)14(20)13-11(15)5-6-12(16)17-13/h5-6,10H,3-4,7-9H2,1-2H3,(H2,16,17). The Bertz CT molecular complexity index is 494. The van der Waals surface area contributed by atoms with E-state index >= 15 is 0 Å². The third-order valence-electron chi connectivity index (χ3n) is 3.70. The van der Waals surface area contributed by atoms with Gasteiger partial charge in [-0.25, -0.2) is 4.98 Å². The van der Waals surface area contributed by atoms with Crippen molar-refractivity contribution in [1.82, 2.24) is 14.8 Å². The number of carbonyl (C=O) groups is 1. The van der Waals surface area contributed by atoms with Gasteiger partial charge in [0.25, 0.3) is 5.91 Å². The third kappa shape index (κ3) is 3.22. The molecule has 0 spiro atoms. The summed E-state index contributed by atoms with van der Waals surface area (Å²) in [6, 6.07) is 3.42. The first-order valence-corrected chi connectivity index (χ1v) is 7.32. The van der Waals surface area contributed by atoms with Gasteiger partial charge in [0.2, 0.25) is 0 Å². The lowest BCUT2D eigenvalue weighted by Crippen LogP contribution is -2.43. The maximum atomic E-state index is 12.7. The van der Waals surface area contributed by atoms with E-state index in [4.69, 9.17) is 17.3 Å². The predicted octanol–water partition coefficient (Wildman–Crippen LogP) is 1.87. The maximum absolute atomic E-state index is 12.7. The van der Waals surface area contributed by atoms with Crippen molar-refractivity contribution in [2.75, 3.05) is 32.4 Å². The zero-order valence-corrected chi connectivity index (χ0v) is 12.7. The van der Waals surface area contributed by atoms with Crippen molar-refractivity contribution in [3.8, 4) is 0 Å². The Kier molecular flexibility index (Phi) is 4.83. The summed E-state index contributed by atoms with van der Waals surface area (Å²) in [6.07, 6.45) is 1.87. The average Bonchev–Trinajstić information content (AvgIpc) is 2.62. The van der Waals surface area contributed by atoms with Crippen molar-refractivity contribution < 1.29 is 4.79 Å². The Balaban J connectivity index is 2.27. The Hall–Kier alpha value is -1.33. The molecule has 0 bridgehead atoms. The SMILES string of the molecule is CCC1CN(C)CCCN1C(=O)c1nc(N)ccc1Cl. The van der Waals surface area contributed by atoms with Crippen LogP contribution in [0, 0.1) is 0 Å². The van der Waals surface area contributed by atoms with E-state index in [0.717, 1.165) is 32.5 Å². The highest BCUT2D eigenvalue weighted by atomic mass is 35.5. The first-order chi connectivity index (χ1) is 9.52. The summed E-state index contributed by atoms with van der Waals surface area (Å²) in [5, 5.41) is 0.358. The van der Waals surface area contributed by atoms with Crippen LogP contribution in [0.4, 0.5) is 5.82 Å². The fourth-order valence-corrected chi connectivity index (χ4v) is 2.79. The lowest BCUT2D eigenvalue weighted by molar-refractivity contribution is 0.0670. The first kappa shape index (κ1) is 15.1. The van der Waals surface area contributed by atoms with Gasteiger partial charge in [-0.15, -0.1) is 0 Å². The maximum Gasteiger partial charge on any atom is 0.274 e. The third-order valence-corrected chi connectivity index (χ3v) is 4.01. The van der Waals surface area contributed by atoms with Crippen molar-refractivity contribution in [1.29, 1.82) is 0 Å². The molecule has 110 valence electrons. The fourth-order valence-electron chi connectivity index (χ4n) is 2.60. The summed E-state index contributed by atoms with van der Waals surface area (Å²) in [5.74, 6) is 0.196. The second-order valence-electron chi connectivity index (χ2n) is 5.24. The minimum atomic E-state index is -0.121. The summed E-state index contributed by atoms with van der Waals surface area (Å²) < 4.78 is 0. The second-order valence-corrected chi connectivity index (χ2v) is 5.65. The van der Waals surface area contributed by atoms with Crippen LogP contribution in [0.3, 0.4) is 0 Å². The zero-order valence-electron chi connectivity index (χ0n) is 12.0. The van der Waals surface area contributed by atoms with Gasteiger partial charge in [-0.2, -0.15) is 0 Å². The second kappa shape index (κ2) is 6.41. The minimum Gasteiger partial charge on any atom is -0.384 e. The van der Waals surface area contributed by atoms with Crippen LogP contribution >= 0.6 is 11.6 Å². The molecule has 1 aliphatic rings. The van der Waals surface area contributed by atoms with Crippen LogP contribution in [0.25, 0.3) is 0 Å². The molecule has 2 rings (SSSR count). The highest BCUT2D eigenvalue weighted by Crippen LogP contribution is 2.21. The highest BCUT2D eigenvalue weighted by molar-refractivity contribution is 6.33. The number of aromatic nitrogens is 1. The van der Waals surface area contributed by atoms with Crippen molar-refractivity contribution in [3.05, 3.63) is 22.8 Å². The van der Waals surface area contributed by atoms with E-state index in [1.807, 2.05) is 4.90 Å². The molecule has 1 unspecified atom stereocenters. The molecule has 0 saturated carbocycles. The van der Waals surface area contributed by atoms with Crippen molar-refractivity contribution >= 4 is 23.3 Å². The minimum absolute atomic E-state index is 0.121. The van der Waals surface area contributed by atoms with Crippen LogP contribution in [0.1, 0.15) is 30.3 Å². The van der Waals surface area contributed by atoms with E-state index in [1.54, 1.807) is 12.1 Å². The molecular formula is C14H21ClN4O. The van der Waals surface area contributed by atoms with Gasteiger partial charge in [-0.05, 0) is 38.6 Å². The Morgan fingerprint density at radius 2 is 2.25 bits per heavy atom. The van der Waals surface area contributed by atoms with E-state index in [-0.39, 0.29) is 17.6 Å². The molecule has 1 saturated heterocycles. The first-order valence-electron chi connectivity index (χ1n) is 6.94. The van der Waals surface area contributed by atoms with Crippen molar-refractivity contribution in [2.45, 2.75) is 25.8 Å². The van der Waals surface area contributed by atoms with Gasteiger partial charge < -0.3 is 15.5 Å². The van der Waals surface area contributed by atoms with E-state index in [1.165, 1.54) is 0 Å². The topological polar surface area (TPSA) is 62.5 Å². The van der Waals surface area contributed by atoms with Crippen molar-refractivity contribution in [3.63, 3.8) is 0 Å². The number of amides is 1. The molecule has 0 radical (unpaired) electrons. The molecule has 1 amide bonds. The van der Waals surface area contributed by atoms with Crippen molar-refractivity contribution in [2.24, 2.45) is 0 Å². The van der Waals surface area contributed by atoms with Gasteiger partial charge in [-0.1, -0.05) is 18.5 Å². The molecule has 2 N–H and O–H groups in total. The van der Waals surface area contributed by atoms with Gasteiger partial charge in [0.1, 0.15) is 11.5 Å². The van der Waals surface area contributed by atoms with Crippen LogP contribution in [-0.2, 0) is 0 Å². The number of hydrogen-bond donors (Lipinski definition) is 1.